The molecule has 49 heavy (non-hydrogen) atoms. The van der Waals surface area contributed by atoms with Crippen LogP contribution in [0.4, 0.5) is 5.69 Å². The minimum absolute atomic E-state index is 0.0233. The van der Waals surface area contributed by atoms with E-state index in [1.54, 1.807) is 7.11 Å². The summed E-state index contributed by atoms with van der Waals surface area (Å²) in [4.78, 5) is 26.2. The predicted octanol–water partition coefficient (Wildman–Crippen LogP) is 4.52. The maximum atomic E-state index is 11.7. The molecule has 1 saturated heterocycles. The molecule has 0 aliphatic carbocycles. The van der Waals surface area contributed by atoms with E-state index in [9.17, 15) is 26.4 Å². The molecule has 2 aliphatic rings. The number of nitrogens with zero attached hydrogens (tertiary/aromatic N) is 2. The minimum atomic E-state index is -4.47. The summed E-state index contributed by atoms with van der Waals surface area (Å²) < 4.78 is 79.6. The number of ether oxygens (including phenoxy) is 3. The van der Waals surface area contributed by atoms with Crippen LogP contribution in [0.15, 0.2) is 82.6 Å². The number of imide groups is 1. The summed E-state index contributed by atoms with van der Waals surface area (Å²) in [5.41, 5.74) is 3.53. The molecule has 0 radical (unpaired) electrons. The third-order valence-corrected chi connectivity index (χ3v) is 9.97. The Bertz CT molecular complexity index is 2010. The smallest absolute Gasteiger partial charge is 0.295 e. The first-order chi connectivity index (χ1) is 23.3. The second kappa shape index (κ2) is 14.8. The van der Waals surface area contributed by atoms with Crippen molar-refractivity contribution in [3.05, 3.63) is 83.9 Å². The Morgan fingerprint density at radius 2 is 1.45 bits per heavy atom. The van der Waals surface area contributed by atoms with E-state index in [1.165, 1.54) is 40.4 Å². The third-order valence-electron chi connectivity index (χ3n) is 8.15. The summed E-state index contributed by atoms with van der Waals surface area (Å²) in [7, 11) is -7.33. The fraction of sp³-hybridized carbons (Fsp3) is 0.294. The van der Waals surface area contributed by atoms with Crippen molar-refractivity contribution in [1.82, 2.24) is 4.90 Å². The number of anilines is 1. The third kappa shape index (κ3) is 8.31. The van der Waals surface area contributed by atoms with Gasteiger partial charge in [0.1, 0.15) is 22.1 Å². The van der Waals surface area contributed by atoms with Crippen molar-refractivity contribution in [1.29, 1.82) is 0 Å². The lowest BCUT2D eigenvalue weighted by Crippen LogP contribution is -2.33. The van der Waals surface area contributed by atoms with Crippen LogP contribution in [0.5, 0.6) is 17.2 Å². The summed E-state index contributed by atoms with van der Waals surface area (Å²) >= 11 is 0. The highest BCUT2D eigenvalue weighted by Gasteiger charge is 2.28. The first-order valence-electron chi connectivity index (χ1n) is 15.4. The van der Waals surface area contributed by atoms with Gasteiger partial charge in [-0.05, 0) is 60.5 Å². The van der Waals surface area contributed by atoms with E-state index in [0.717, 1.165) is 49.6 Å². The number of carbonyl (C=O) groups excluding carboxylic acids is 2. The number of methoxy groups -OCH3 is 1. The van der Waals surface area contributed by atoms with E-state index in [4.69, 9.17) is 23.3 Å². The Hall–Kier alpha value is -4.70. The van der Waals surface area contributed by atoms with Gasteiger partial charge in [-0.1, -0.05) is 30.3 Å². The lowest BCUT2D eigenvalue weighted by Gasteiger charge is -2.24. The monoisotopic (exact) mass is 712 g/mol. The van der Waals surface area contributed by atoms with Gasteiger partial charge in [-0.3, -0.25) is 23.6 Å². The van der Waals surface area contributed by atoms with E-state index >= 15 is 0 Å². The summed E-state index contributed by atoms with van der Waals surface area (Å²) in [6.45, 7) is 5.00. The van der Waals surface area contributed by atoms with Gasteiger partial charge in [0, 0.05) is 48.8 Å². The molecule has 0 unspecified atom stereocenters. The van der Waals surface area contributed by atoms with Gasteiger partial charge in [0.15, 0.2) is 11.5 Å². The van der Waals surface area contributed by atoms with Crippen molar-refractivity contribution in [3.8, 4) is 17.2 Å². The zero-order valence-corrected chi connectivity index (χ0v) is 28.5. The molecule has 2 aliphatic heterocycles. The summed E-state index contributed by atoms with van der Waals surface area (Å²) in [6, 6.07) is 19.8. The van der Waals surface area contributed by atoms with E-state index in [-0.39, 0.29) is 35.7 Å². The Morgan fingerprint density at radius 1 is 0.816 bits per heavy atom. The van der Waals surface area contributed by atoms with Gasteiger partial charge in [0.2, 0.25) is 11.8 Å². The van der Waals surface area contributed by atoms with Gasteiger partial charge in [-0.2, -0.15) is 16.8 Å². The van der Waals surface area contributed by atoms with Crippen LogP contribution < -0.4 is 19.1 Å². The lowest BCUT2D eigenvalue weighted by atomic mass is 10.1. The van der Waals surface area contributed by atoms with Crippen molar-refractivity contribution in [2.45, 2.75) is 42.5 Å². The molecular formula is C34H36N2O11S2. The molecular weight excluding hydrogens is 677 g/mol. The Balaban J connectivity index is 0.000000221. The highest BCUT2D eigenvalue weighted by atomic mass is 32.2. The molecule has 260 valence electrons. The molecule has 13 nitrogen and oxygen atoms in total. The van der Waals surface area contributed by atoms with Crippen LogP contribution in [0, 0.1) is 0 Å². The molecule has 6 rings (SSSR count). The van der Waals surface area contributed by atoms with Crippen LogP contribution in [0.3, 0.4) is 0 Å². The van der Waals surface area contributed by atoms with Gasteiger partial charge in [0.05, 0.1) is 20.3 Å². The van der Waals surface area contributed by atoms with Gasteiger partial charge in [0.25, 0.3) is 20.2 Å². The average molecular weight is 713 g/mol. The van der Waals surface area contributed by atoms with E-state index in [0.29, 0.717) is 24.3 Å². The molecule has 2 amide bonds. The number of hydrogen-bond donors (Lipinski definition) is 2. The van der Waals surface area contributed by atoms with Gasteiger partial charge < -0.3 is 19.1 Å². The van der Waals surface area contributed by atoms with Crippen molar-refractivity contribution >= 4 is 48.5 Å². The van der Waals surface area contributed by atoms with Crippen LogP contribution in [0.25, 0.3) is 10.8 Å². The first kappa shape index (κ1) is 35.6. The highest BCUT2D eigenvalue weighted by Crippen LogP contribution is 2.33. The molecule has 0 bridgehead atoms. The molecule has 0 aromatic heterocycles. The number of hydrogen-bond acceptors (Lipinski definition) is 10. The van der Waals surface area contributed by atoms with Crippen LogP contribution in [-0.4, -0.2) is 76.1 Å². The summed E-state index contributed by atoms with van der Waals surface area (Å²) in [5, 5.41) is 0.0465. The lowest BCUT2D eigenvalue weighted by molar-refractivity contribution is -0.138. The number of carbonyl (C=O) groups is 2. The van der Waals surface area contributed by atoms with Crippen molar-refractivity contribution in [3.63, 3.8) is 0 Å². The van der Waals surface area contributed by atoms with Gasteiger partial charge in [-0.15, -0.1) is 0 Å². The molecule has 0 atom stereocenters. The number of fused-ring (bicyclic) bond motifs is 2. The first-order valence-corrected chi connectivity index (χ1v) is 18.3. The summed E-state index contributed by atoms with van der Waals surface area (Å²) in [5.74, 6) is 1.96. The van der Waals surface area contributed by atoms with Crippen molar-refractivity contribution in [2.24, 2.45) is 0 Å². The van der Waals surface area contributed by atoms with Gasteiger partial charge in [-0.25, -0.2) is 0 Å². The number of amides is 2. The zero-order chi connectivity index (χ0) is 35.3. The highest BCUT2D eigenvalue weighted by molar-refractivity contribution is 7.86. The molecule has 0 spiro atoms. The Labute approximate surface area is 284 Å². The van der Waals surface area contributed by atoms with E-state index in [1.807, 2.05) is 24.3 Å². The van der Waals surface area contributed by atoms with E-state index < -0.39 is 30.0 Å². The molecule has 2 heterocycles. The molecule has 2 N–H and O–H groups in total. The summed E-state index contributed by atoms with van der Waals surface area (Å²) in [6.07, 6.45) is 1.54. The Morgan fingerprint density at radius 3 is 2.02 bits per heavy atom. The zero-order valence-electron chi connectivity index (χ0n) is 26.9. The normalized spacial score (nSPS) is 14.2. The van der Waals surface area contributed by atoms with Crippen LogP contribution in [0.1, 0.15) is 30.9 Å². The quantitative estimate of drug-likeness (QED) is 0.165. The Kier molecular flexibility index (Phi) is 10.8. The molecule has 4 aromatic rings. The standard InChI is InChI=1S/C24H28N2O5.C10H8O6S2/c1-3-25(19-5-7-20-18(15-19)10-12-30-20)16-17-4-6-21(22(14-17)29-2)31-13-11-26-23(27)8-9-24(26)28;11-17(12,13)9-5-1-3-7-8(9)4-2-6-10(7)18(14,15)16/h4-7,14-15H,3,8-13,16H2,1-2H3;1-6H,(H,11,12,13)(H,14,15,16). The van der Waals surface area contributed by atoms with Gasteiger partial charge >= 0.3 is 0 Å². The molecule has 4 aromatic carbocycles. The number of likely N-dealkylation sites (tertiary alicyclic amines) is 1. The number of rotatable bonds is 11. The average Bonchev–Trinajstić information content (AvgIpc) is 3.67. The van der Waals surface area contributed by atoms with Crippen LogP contribution >= 0.6 is 0 Å². The molecule has 1 fully saturated rings. The molecule has 15 heteroatoms. The SMILES string of the molecule is CCN(Cc1ccc(OCCN2C(=O)CCC2=O)c(OC)c1)c1ccc2c(c1)CCO2.O=S(=O)(O)c1cccc2c(S(=O)(=O)O)cccc12. The van der Waals surface area contributed by atoms with E-state index in [2.05, 4.69) is 24.0 Å². The fourth-order valence-corrected chi connectivity index (χ4v) is 7.14. The van der Waals surface area contributed by atoms with Crippen LogP contribution in [-0.2, 0) is 42.8 Å². The largest absolute Gasteiger partial charge is 0.493 e. The maximum absolute atomic E-state index is 11.7. The molecule has 0 saturated carbocycles. The maximum Gasteiger partial charge on any atom is 0.295 e. The topological polar surface area (TPSA) is 177 Å². The predicted molar refractivity (Wildman–Crippen MR) is 180 cm³/mol. The number of benzene rings is 4. The van der Waals surface area contributed by atoms with Crippen molar-refractivity contribution < 1.29 is 49.7 Å². The second-order valence-electron chi connectivity index (χ2n) is 11.2. The minimum Gasteiger partial charge on any atom is -0.493 e. The second-order valence-corrected chi connectivity index (χ2v) is 14.0. The van der Waals surface area contributed by atoms with Crippen LogP contribution in [0.2, 0.25) is 0 Å². The van der Waals surface area contributed by atoms with Crippen molar-refractivity contribution in [2.75, 3.05) is 38.3 Å². The fourth-order valence-electron chi connectivity index (χ4n) is 5.73.